The monoisotopic (exact) mass is 353 g/mol. The highest BCUT2D eigenvalue weighted by Gasteiger charge is 2.44. The minimum absolute atomic E-state index is 0.0189. The standard InChI is InChI=1S/C20H23N3O3/c24-18(12-16-4-1-8-21-13-16)22-9-3-6-20(14-22)7-10-23(15-20)19(25)17-5-2-11-26-17/h1-2,4-5,8,11,13H,3,6-7,9-10,12,14-15H2/t20-/m0/s1. The van der Waals surface area contributed by atoms with Crippen LogP contribution in [0.3, 0.4) is 0 Å². The Morgan fingerprint density at radius 2 is 2.00 bits per heavy atom. The minimum atomic E-state index is -0.0503. The SMILES string of the molecule is O=C(Cc1cccnc1)N1CCC[C@]2(CCN(C(=O)c3ccco3)C2)C1. The van der Waals surface area contributed by atoms with Gasteiger partial charge in [-0.3, -0.25) is 14.6 Å². The molecular weight excluding hydrogens is 330 g/mol. The highest BCUT2D eigenvalue weighted by molar-refractivity contribution is 5.91. The molecule has 0 radical (unpaired) electrons. The maximum atomic E-state index is 12.7. The number of hydrogen-bond acceptors (Lipinski definition) is 4. The van der Waals surface area contributed by atoms with E-state index < -0.39 is 0 Å². The van der Waals surface area contributed by atoms with Crippen LogP contribution in [0.1, 0.15) is 35.4 Å². The fourth-order valence-corrected chi connectivity index (χ4v) is 4.21. The molecule has 2 saturated heterocycles. The van der Waals surface area contributed by atoms with Crippen LogP contribution in [0, 0.1) is 5.41 Å². The molecule has 1 atom stereocenters. The summed E-state index contributed by atoms with van der Waals surface area (Å²) in [5.74, 6) is 0.487. The van der Waals surface area contributed by atoms with E-state index in [1.807, 2.05) is 21.9 Å². The number of amides is 2. The molecule has 0 bridgehead atoms. The normalized spacial score (nSPS) is 22.8. The predicted molar refractivity (Wildman–Crippen MR) is 95.4 cm³/mol. The number of piperidine rings is 1. The van der Waals surface area contributed by atoms with E-state index in [2.05, 4.69) is 4.98 Å². The van der Waals surface area contributed by atoms with E-state index in [4.69, 9.17) is 4.42 Å². The Morgan fingerprint density at radius 3 is 2.77 bits per heavy atom. The lowest BCUT2D eigenvalue weighted by Crippen LogP contribution is -2.48. The third-order valence-electron chi connectivity index (χ3n) is 5.55. The van der Waals surface area contributed by atoms with Crippen LogP contribution in [0.2, 0.25) is 0 Å². The number of carbonyl (C=O) groups is 2. The van der Waals surface area contributed by atoms with Crippen LogP contribution < -0.4 is 0 Å². The molecule has 26 heavy (non-hydrogen) atoms. The lowest BCUT2D eigenvalue weighted by Gasteiger charge is -2.40. The van der Waals surface area contributed by atoms with E-state index in [0.717, 1.165) is 44.5 Å². The molecule has 2 aromatic heterocycles. The highest BCUT2D eigenvalue weighted by Crippen LogP contribution is 2.39. The van der Waals surface area contributed by atoms with Gasteiger partial charge in [0.25, 0.3) is 5.91 Å². The molecule has 6 nitrogen and oxygen atoms in total. The fourth-order valence-electron chi connectivity index (χ4n) is 4.21. The van der Waals surface area contributed by atoms with Crippen molar-refractivity contribution in [3.05, 3.63) is 54.2 Å². The molecule has 0 N–H and O–H groups in total. The lowest BCUT2D eigenvalue weighted by molar-refractivity contribution is -0.133. The van der Waals surface area contributed by atoms with E-state index in [1.54, 1.807) is 24.5 Å². The Balaban J connectivity index is 1.40. The summed E-state index contributed by atoms with van der Waals surface area (Å²) in [6.45, 7) is 2.95. The summed E-state index contributed by atoms with van der Waals surface area (Å²) < 4.78 is 5.25. The van der Waals surface area contributed by atoms with Crippen LogP contribution in [-0.2, 0) is 11.2 Å². The number of pyridine rings is 1. The number of hydrogen-bond donors (Lipinski definition) is 0. The Labute approximate surface area is 152 Å². The molecule has 4 heterocycles. The summed E-state index contributed by atoms with van der Waals surface area (Å²) in [5, 5.41) is 0. The predicted octanol–water partition coefficient (Wildman–Crippen LogP) is 2.37. The van der Waals surface area contributed by atoms with Crippen molar-refractivity contribution >= 4 is 11.8 Å². The van der Waals surface area contributed by atoms with Gasteiger partial charge in [0.05, 0.1) is 12.7 Å². The number of aromatic nitrogens is 1. The summed E-state index contributed by atoms with van der Waals surface area (Å²) in [5.41, 5.74) is 0.962. The smallest absolute Gasteiger partial charge is 0.289 e. The Kier molecular flexibility index (Phi) is 4.49. The second-order valence-electron chi connectivity index (χ2n) is 7.41. The molecule has 2 aliphatic rings. The number of rotatable bonds is 3. The van der Waals surface area contributed by atoms with Crippen molar-refractivity contribution in [2.75, 3.05) is 26.2 Å². The van der Waals surface area contributed by atoms with Gasteiger partial charge < -0.3 is 14.2 Å². The molecule has 0 aromatic carbocycles. The minimum Gasteiger partial charge on any atom is -0.459 e. The second kappa shape index (κ2) is 6.94. The van der Waals surface area contributed by atoms with Gasteiger partial charge in [0.15, 0.2) is 5.76 Å². The zero-order valence-electron chi connectivity index (χ0n) is 14.8. The van der Waals surface area contributed by atoms with Crippen LogP contribution in [0.4, 0.5) is 0 Å². The molecule has 4 rings (SSSR count). The topological polar surface area (TPSA) is 66.7 Å². The van der Waals surface area contributed by atoms with Gasteiger partial charge in [-0.05, 0) is 43.0 Å². The van der Waals surface area contributed by atoms with Crippen molar-refractivity contribution in [1.29, 1.82) is 0 Å². The molecule has 0 aliphatic carbocycles. The number of likely N-dealkylation sites (tertiary alicyclic amines) is 2. The average molecular weight is 353 g/mol. The van der Waals surface area contributed by atoms with E-state index in [9.17, 15) is 9.59 Å². The highest BCUT2D eigenvalue weighted by atomic mass is 16.3. The number of nitrogens with zero attached hydrogens (tertiary/aromatic N) is 3. The van der Waals surface area contributed by atoms with E-state index in [-0.39, 0.29) is 17.2 Å². The molecule has 0 unspecified atom stereocenters. The van der Waals surface area contributed by atoms with Gasteiger partial charge in [0.1, 0.15) is 0 Å². The summed E-state index contributed by atoms with van der Waals surface area (Å²) >= 11 is 0. The quantitative estimate of drug-likeness (QED) is 0.850. The van der Waals surface area contributed by atoms with Gasteiger partial charge in [-0.1, -0.05) is 6.07 Å². The Hall–Kier alpha value is -2.63. The largest absolute Gasteiger partial charge is 0.459 e. The molecule has 0 saturated carbocycles. The Morgan fingerprint density at radius 1 is 1.12 bits per heavy atom. The van der Waals surface area contributed by atoms with Crippen LogP contribution in [-0.4, -0.2) is 52.8 Å². The summed E-state index contributed by atoms with van der Waals surface area (Å²) in [6, 6.07) is 7.23. The number of furan rings is 1. The van der Waals surface area contributed by atoms with Crippen molar-refractivity contribution in [2.45, 2.75) is 25.7 Å². The van der Waals surface area contributed by atoms with Gasteiger partial charge >= 0.3 is 0 Å². The van der Waals surface area contributed by atoms with E-state index >= 15 is 0 Å². The van der Waals surface area contributed by atoms with Crippen molar-refractivity contribution in [1.82, 2.24) is 14.8 Å². The first-order valence-corrected chi connectivity index (χ1v) is 9.15. The first-order chi connectivity index (χ1) is 12.7. The average Bonchev–Trinajstić information content (AvgIpc) is 3.33. The van der Waals surface area contributed by atoms with Crippen LogP contribution in [0.25, 0.3) is 0 Å². The molecule has 136 valence electrons. The molecular formula is C20H23N3O3. The first-order valence-electron chi connectivity index (χ1n) is 9.15. The Bertz CT molecular complexity index is 775. The van der Waals surface area contributed by atoms with Crippen LogP contribution >= 0.6 is 0 Å². The molecule has 2 aliphatic heterocycles. The molecule has 2 aromatic rings. The van der Waals surface area contributed by atoms with Gasteiger partial charge in [-0.15, -0.1) is 0 Å². The summed E-state index contributed by atoms with van der Waals surface area (Å²) in [6.07, 6.45) is 8.37. The first kappa shape index (κ1) is 16.8. The van der Waals surface area contributed by atoms with Crippen LogP contribution in [0.15, 0.2) is 47.3 Å². The molecule has 2 fully saturated rings. The molecule has 6 heteroatoms. The summed E-state index contributed by atoms with van der Waals surface area (Å²) in [7, 11) is 0. The maximum absolute atomic E-state index is 12.7. The number of carbonyl (C=O) groups excluding carboxylic acids is 2. The third-order valence-corrected chi connectivity index (χ3v) is 5.55. The lowest BCUT2D eigenvalue weighted by atomic mass is 9.79. The van der Waals surface area contributed by atoms with E-state index in [1.165, 1.54) is 6.26 Å². The van der Waals surface area contributed by atoms with Gasteiger partial charge in [0, 0.05) is 44.0 Å². The second-order valence-corrected chi connectivity index (χ2v) is 7.41. The van der Waals surface area contributed by atoms with Gasteiger partial charge in [0.2, 0.25) is 5.91 Å². The molecule has 1 spiro atoms. The van der Waals surface area contributed by atoms with Crippen molar-refractivity contribution in [2.24, 2.45) is 5.41 Å². The van der Waals surface area contributed by atoms with Gasteiger partial charge in [-0.2, -0.15) is 0 Å². The van der Waals surface area contributed by atoms with Gasteiger partial charge in [-0.25, -0.2) is 0 Å². The zero-order chi connectivity index (χ0) is 18.0. The third kappa shape index (κ3) is 3.36. The van der Waals surface area contributed by atoms with Crippen LogP contribution in [0.5, 0.6) is 0 Å². The maximum Gasteiger partial charge on any atom is 0.289 e. The van der Waals surface area contributed by atoms with Crippen molar-refractivity contribution in [3.63, 3.8) is 0 Å². The van der Waals surface area contributed by atoms with Crippen molar-refractivity contribution in [3.8, 4) is 0 Å². The molecule has 2 amide bonds. The van der Waals surface area contributed by atoms with Crippen molar-refractivity contribution < 1.29 is 14.0 Å². The van der Waals surface area contributed by atoms with E-state index in [0.29, 0.717) is 18.7 Å². The summed E-state index contributed by atoms with van der Waals surface area (Å²) in [4.78, 5) is 33.2. The zero-order valence-corrected chi connectivity index (χ0v) is 14.8. The fraction of sp³-hybridized carbons (Fsp3) is 0.450.